The molecule has 2 aliphatic rings. The third kappa shape index (κ3) is 2.13. The molecule has 0 spiro atoms. The molecular formula is C19H21NO2. The Morgan fingerprint density at radius 1 is 1.05 bits per heavy atom. The smallest absolute Gasteiger partial charge is 0.118 e. The molecule has 2 bridgehead atoms. The van der Waals surface area contributed by atoms with Crippen LogP contribution in [0.4, 0.5) is 0 Å². The molecule has 3 heteroatoms. The summed E-state index contributed by atoms with van der Waals surface area (Å²) in [6, 6.07) is 17.4. The summed E-state index contributed by atoms with van der Waals surface area (Å²) in [4.78, 5) is 2.46. The molecule has 0 amide bonds. The van der Waals surface area contributed by atoms with Crippen LogP contribution in [0.5, 0.6) is 5.75 Å². The van der Waals surface area contributed by atoms with E-state index in [0.717, 1.165) is 25.1 Å². The lowest BCUT2D eigenvalue weighted by molar-refractivity contribution is -0.0120. The molecule has 4 rings (SSSR count). The molecule has 22 heavy (non-hydrogen) atoms. The summed E-state index contributed by atoms with van der Waals surface area (Å²) in [6.45, 7) is 0.866. The number of benzene rings is 2. The average molecular weight is 295 g/mol. The SMILES string of the molecule is COc1ccc(CN2C3CCC(O)C2c2ccccc23)cc1. The molecule has 114 valence electrons. The van der Waals surface area contributed by atoms with Gasteiger partial charge >= 0.3 is 0 Å². The van der Waals surface area contributed by atoms with Gasteiger partial charge in [0.15, 0.2) is 0 Å². The number of nitrogens with zero attached hydrogens (tertiary/aromatic N) is 1. The number of aliphatic hydroxyl groups excluding tert-OH is 1. The van der Waals surface area contributed by atoms with E-state index in [1.54, 1.807) is 7.11 Å². The molecule has 2 heterocycles. The van der Waals surface area contributed by atoms with Crippen LogP contribution >= 0.6 is 0 Å². The number of aliphatic hydroxyl groups is 1. The lowest BCUT2D eigenvalue weighted by atomic mass is 9.97. The zero-order chi connectivity index (χ0) is 15.1. The average Bonchev–Trinajstić information content (AvgIpc) is 2.78. The van der Waals surface area contributed by atoms with Crippen molar-refractivity contribution in [3.63, 3.8) is 0 Å². The van der Waals surface area contributed by atoms with Gasteiger partial charge in [-0.1, -0.05) is 36.4 Å². The minimum Gasteiger partial charge on any atom is -0.497 e. The predicted molar refractivity (Wildman–Crippen MR) is 85.7 cm³/mol. The monoisotopic (exact) mass is 295 g/mol. The van der Waals surface area contributed by atoms with Crippen LogP contribution in [0.3, 0.4) is 0 Å². The van der Waals surface area contributed by atoms with E-state index in [1.165, 1.54) is 16.7 Å². The summed E-state index contributed by atoms with van der Waals surface area (Å²) in [5.41, 5.74) is 3.97. The molecule has 2 aromatic carbocycles. The fourth-order valence-electron chi connectivity index (χ4n) is 4.02. The Labute approximate surface area is 131 Å². The maximum Gasteiger partial charge on any atom is 0.118 e. The third-order valence-corrected chi connectivity index (χ3v) is 5.06. The molecule has 1 fully saturated rings. The Morgan fingerprint density at radius 3 is 2.50 bits per heavy atom. The Hall–Kier alpha value is -1.84. The fraction of sp³-hybridized carbons (Fsp3) is 0.368. The Morgan fingerprint density at radius 2 is 1.77 bits per heavy atom. The second kappa shape index (κ2) is 5.41. The van der Waals surface area contributed by atoms with Gasteiger partial charge in [-0.25, -0.2) is 0 Å². The van der Waals surface area contributed by atoms with Crippen LogP contribution in [0.25, 0.3) is 0 Å². The molecular weight excluding hydrogens is 274 g/mol. The van der Waals surface area contributed by atoms with Gasteiger partial charge in [-0.15, -0.1) is 0 Å². The largest absolute Gasteiger partial charge is 0.497 e. The van der Waals surface area contributed by atoms with Crippen LogP contribution in [0.1, 0.15) is 41.6 Å². The highest BCUT2D eigenvalue weighted by molar-refractivity contribution is 5.40. The molecule has 0 saturated carbocycles. The highest BCUT2D eigenvalue weighted by atomic mass is 16.5. The Balaban J connectivity index is 1.65. The summed E-state index contributed by atoms with van der Waals surface area (Å²) >= 11 is 0. The van der Waals surface area contributed by atoms with Gasteiger partial charge in [-0.05, 0) is 41.7 Å². The van der Waals surface area contributed by atoms with E-state index in [0.29, 0.717) is 6.04 Å². The highest BCUT2D eigenvalue weighted by Gasteiger charge is 2.45. The van der Waals surface area contributed by atoms with Crippen LogP contribution in [-0.4, -0.2) is 23.2 Å². The zero-order valence-electron chi connectivity index (χ0n) is 12.8. The van der Waals surface area contributed by atoms with Gasteiger partial charge in [-0.3, -0.25) is 4.90 Å². The number of hydrogen-bond acceptors (Lipinski definition) is 3. The topological polar surface area (TPSA) is 32.7 Å². The number of hydrogen-bond donors (Lipinski definition) is 1. The van der Waals surface area contributed by atoms with E-state index in [-0.39, 0.29) is 12.1 Å². The quantitative estimate of drug-likeness (QED) is 0.941. The summed E-state index contributed by atoms with van der Waals surface area (Å²) < 4.78 is 5.23. The molecule has 2 aliphatic heterocycles. The zero-order valence-corrected chi connectivity index (χ0v) is 12.8. The van der Waals surface area contributed by atoms with Crippen molar-refractivity contribution in [2.75, 3.05) is 7.11 Å². The summed E-state index contributed by atoms with van der Waals surface area (Å²) in [6.07, 6.45) is 1.66. The minimum absolute atomic E-state index is 0.136. The van der Waals surface area contributed by atoms with E-state index in [4.69, 9.17) is 4.74 Å². The van der Waals surface area contributed by atoms with Crippen LogP contribution in [0.2, 0.25) is 0 Å². The number of ether oxygens (including phenoxy) is 1. The van der Waals surface area contributed by atoms with Crippen LogP contribution in [0, 0.1) is 0 Å². The number of rotatable bonds is 3. The van der Waals surface area contributed by atoms with E-state index >= 15 is 0 Å². The standard InChI is InChI=1S/C19H21NO2/c1-22-14-8-6-13(7-9-14)12-20-17-10-11-18(21)19(20)16-5-3-2-4-15(16)17/h2-9,17-19,21H,10-12H2,1H3. The first-order valence-electron chi connectivity index (χ1n) is 7.93. The van der Waals surface area contributed by atoms with E-state index in [2.05, 4.69) is 41.3 Å². The van der Waals surface area contributed by atoms with Gasteiger partial charge < -0.3 is 9.84 Å². The van der Waals surface area contributed by atoms with Crippen molar-refractivity contribution in [3.05, 3.63) is 65.2 Å². The molecule has 1 N–H and O–H groups in total. The molecule has 1 saturated heterocycles. The summed E-state index contributed by atoms with van der Waals surface area (Å²) in [7, 11) is 1.69. The van der Waals surface area contributed by atoms with Crippen LogP contribution < -0.4 is 4.74 Å². The number of fused-ring (bicyclic) bond motifs is 5. The second-order valence-corrected chi connectivity index (χ2v) is 6.25. The molecule has 0 radical (unpaired) electrons. The van der Waals surface area contributed by atoms with Crippen LogP contribution in [0.15, 0.2) is 48.5 Å². The minimum atomic E-state index is -0.266. The molecule has 3 atom stereocenters. The Kier molecular flexibility index (Phi) is 3.40. The van der Waals surface area contributed by atoms with Gasteiger partial charge in [0.2, 0.25) is 0 Å². The second-order valence-electron chi connectivity index (χ2n) is 6.25. The van der Waals surface area contributed by atoms with Crippen molar-refractivity contribution in [2.45, 2.75) is 37.6 Å². The lowest BCUT2D eigenvalue weighted by Crippen LogP contribution is -2.37. The van der Waals surface area contributed by atoms with Gasteiger partial charge in [0.1, 0.15) is 5.75 Å². The number of piperidine rings is 1. The fourth-order valence-corrected chi connectivity index (χ4v) is 4.02. The lowest BCUT2D eigenvalue weighted by Gasteiger charge is -2.38. The molecule has 0 aromatic heterocycles. The van der Waals surface area contributed by atoms with Gasteiger partial charge in [0.25, 0.3) is 0 Å². The van der Waals surface area contributed by atoms with E-state index in [9.17, 15) is 5.11 Å². The first-order chi connectivity index (χ1) is 10.8. The first-order valence-corrected chi connectivity index (χ1v) is 7.93. The molecule has 3 unspecified atom stereocenters. The van der Waals surface area contributed by atoms with Gasteiger partial charge in [-0.2, -0.15) is 0 Å². The first kappa shape index (κ1) is 13.8. The van der Waals surface area contributed by atoms with Gasteiger partial charge in [0, 0.05) is 12.6 Å². The predicted octanol–water partition coefficient (Wildman–Crippen LogP) is 3.45. The summed E-state index contributed by atoms with van der Waals surface area (Å²) in [5, 5.41) is 10.5. The third-order valence-electron chi connectivity index (χ3n) is 5.06. The molecule has 3 nitrogen and oxygen atoms in total. The molecule has 2 aromatic rings. The van der Waals surface area contributed by atoms with Gasteiger partial charge in [0.05, 0.1) is 19.3 Å². The maximum absolute atomic E-state index is 10.5. The highest BCUT2D eigenvalue weighted by Crippen LogP contribution is 2.51. The Bertz CT molecular complexity index is 667. The van der Waals surface area contributed by atoms with Crippen LogP contribution in [-0.2, 0) is 6.54 Å². The van der Waals surface area contributed by atoms with E-state index in [1.807, 2.05) is 12.1 Å². The van der Waals surface area contributed by atoms with Crippen molar-refractivity contribution in [2.24, 2.45) is 0 Å². The van der Waals surface area contributed by atoms with E-state index < -0.39 is 0 Å². The normalized spacial score (nSPS) is 26.7. The summed E-state index contributed by atoms with van der Waals surface area (Å²) in [5.74, 6) is 0.883. The number of methoxy groups -OCH3 is 1. The van der Waals surface area contributed by atoms with Crippen molar-refractivity contribution in [1.29, 1.82) is 0 Å². The van der Waals surface area contributed by atoms with Crippen molar-refractivity contribution >= 4 is 0 Å². The van der Waals surface area contributed by atoms with Crippen molar-refractivity contribution < 1.29 is 9.84 Å². The maximum atomic E-state index is 10.5. The molecule has 0 aliphatic carbocycles. The van der Waals surface area contributed by atoms with Crippen molar-refractivity contribution in [1.82, 2.24) is 4.90 Å². The van der Waals surface area contributed by atoms with Crippen molar-refractivity contribution in [3.8, 4) is 5.75 Å².